The molecule has 0 spiro atoms. The molecule has 2 fully saturated rings. The number of rotatable bonds is 7. The van der Waals surface area contributed by atoms with E-state index in [1.165, 1.54) is 37.5 Å². The van der Waals surface area contributed by atoms with Gasteiger partial charge in [0.2, 0.25) is 5.91 Å². The lowest BCUT2D eigenvalue weighted by molar-refractivity contribution is -0.133. The van der Waals surface area contributed by atoms with Crippen LogP contribution in [0.5, 0.6) is 0 Å². The maximum Gasteiger partial charge on any atom is 0.305 e. The summed E-state index contributed by atoms with van der Waals surface area (Å²) >= 11 is 0. The van der Waals surface area contributed by atoms with Crippen molar-refractivity contribution in [2.24, 2.45) is 0 Å². The van der Waals surface area contributed by atoms with Gasteiger partial charge in [0.15, 0.2) is 0 Å². The Labute approximate surface area is 246 Å². The van der Waals surface area contributed by atoms with Crippen molar-refractivity contribution in [3.8, 4) is 6.07 Å². The van der Waals surface area contributed by atoms with E-state index in [-0.39, 0.29) is 23.6 Å². The molecule has 2 heterocycles. The van der Waals surface area contributed by atoms with Crippen molar-refractivity contribution in [3.63, 3.8) is 0 Å². The first-order valence-electron chi connectivity index (χ1n) is 13.3. The van der Waals surface area contributed by atoms with E-state index >= 15 is 0 Å². The van der Waals surface area contributed by atoms with Crippen molar-refractivity contribution >= 4 is 33.5 Å². The second-order valence-electron chi connectivity index (χ2n) is 10.5. The SMILES string of the molecule is Cc1ccccc1C(C(=O)NC1CC(F)(F)C1)N(C(=O)[C@@H]1CN(C)S(=O)(=O)N1c1cc(C#N)ccn1)c1cccc(F)c1. The second-order valence-corrected chi connectivity index (χ2v) is 12.4. The lowest BCUT2D eigenvalue weighted by Gasteiger charge is -2.39. The van der Waals surface area contributed by atoms with Gasteiger partial charge in [-0.25, -0.2) is 22.5 Å². The predicted octanol–water partition coefficient (Wildman–Crippen LogP) is 3.45. The predicted molar refractivity (Wildman–Crippen MR) is 151 cm³/mol. The van der Waals surface area contributed by atoms with Gasteiger partial charge in [-0.3, -0.25) is 14.5 Å². The number of nitriles is 1. The first-order valence-corrected chi connectivity index (χ1v) is 14.7. The molecule has 1 aliphatic carbocycles. The zero-order valence-electron chi connectivity index (χ0n) is 23.1. The van der Waals surface area contributed by atoms with Crippen molar-refractivity contribution in [2.45, 2.75) is 43.8 Å². The van der Waals surface area contributed by atoms with Crippen LogP contribution in [-0.2, 0) is 19.8 Å². The average Bonchev–Trinajstić information content (AvgIpc) is 3.19. The minimum absolute atomic E-state index is 0.0574. The Morgan fingerprint density at radius 3 is 2.51 bits per heavy atom. The highest BCUT2D eigenvalue weighted by molar-refractivity contribution is 7.90. The van der Waals surface area contributed by atoms with Gasteiger partial charge in [0.05, 0.1) is 11.6 Å². The van der Waals surface area contributed by atoms with E-state index in [1.54, 1.807) is 31.2 Å². The summed E-state index contributed by atoms with van der Waals surface area (Å²) in [5, 5.41) is 12.0. The molecule has 2 aromatic carbocycles. The molecule has 1 aliphatic heterocycles. The Morgan fingerprint density at radius 1 is 1.14 bits per heavy atom. The van der Waals surface area contributed by atoms with Crippen LogP contribution < -0.4 is 14.5 Å². The second kappa shape index (κ2) is 11.3. The van der Waals surface area contributed by atoms with Crippen LogP contribution in [0.2, 0.25) is 0 Å². The minimum Gasteiger partial charge on any atom is -0.351 e. The van der Waals surface area contributed by atoms with Crippen LogP contribution in [0.15, 0.2) is 66.9 Å². The molecule has 0 radical (unpaired) electrons. The Balaban J connectivity index is 1.65. The van der Waals surface area contributed by atoms with Gasteiger partial charge in [-0.05, 0) is 48.4 Å². The van der Waals surface area contributed by atoms with Crippen LogP contribution in [0.3, 0.4) is 0 Å². The highest BCUT2D eigenvalue weighted by atomic mass is 32.2. The summed E-state index contributed by atoms with van der Waals surface area (Å²) in [6.45, 7) is 1.33. The van der Waals surface area contributed by atoms with Crippen molar-refractivity contribution in [2.75, 3.05) is 22.8 Å². The van der Waals surface area contributed by atoms with Crippen LogP contribution in [0, 0.1) is 24.1 Å². The van der Waals surface area contributed by atoms with Crippen LogP contribution in [-0.4, -0.2) is 61.1 Å². The van der Waals surface area contributed by atoms with E-state index in [1.807, 2.05) is 6.07 Å². The maximum absolute atomic E-state index is 14.6. The van der Waals surface area contributed by atoms with E-state index in [2.05, 4.69) is 10.3 Å². The van der Waals surface area contributed by atoms with Crippen molar-refractivity contribution < 1.29 is 31.2 Å². The number of aryl methyl sites for hydroxylation is 1. The standard InChI is InChI=1S/C29H27F3N6O4S/c1-18-6-3-4-9-23(18)26(27(39)35-21-14-29(31,32)15-21)37(22-8-5-7-20(30)13-22)28(40)24-17-36(2)43(41,42)38(24)25-12-19(16-33)10-11-34-25/h3-13,21,24,26H,14-15,17H2,1-2H3,(H,35,39)/t24-,26?/m0/s1. The molecule has 1 N–H and O–H groups in total. The number of nitrogens with one attached hydrogen (secondary N) is 1. The first-order chi connectivity index (χ1) is 20.3. The van der Waals surface area contributed by atoms with Crippen LogP contribution in [0.1, 0.15) is 35.6 Å². The van der Waals surface area contributed by atoms with Crippen molar-refractivity contribution in [1.82, 2.24) is 14.6 Å². The smallest absolute Gasteiger partial charge is 0.305 e. The average molecular weight is 613 g/mol. The highest BCUT2D eigenvalue weighted by Crippen LogP contribution is 2.39. The fraction of sp³-hybridized carbons (Fsp3) is 0.310. The molecule has 14 heteroatoms. The summed E-state index contributed by atoms with van der Waals surface area (Å²) in [5.74, 6) is -5.55. The molecule has 10 nitrogen and oxygen atoms in total. The normalized spacial score (nSPS) is 20.1. The molecule has 1 saturated carbocycles. The summed E-state index contributed by atoms with van der Waals surface area (Å²) in [6, 6.07) is 12.2. The maximum atomic E-state index is 14.6. The number of aromatic nitrogens is 1. The monoisotopic (exact) mass is 612 g/mol. The van der Waals surface area contributed by atoms with Gasteiger partial charge >= 0.3 is 10.2 Å². The third-order valence-corrected chi connectivity index (χ3v) is 9.37. The van der Waals surface area contributed by atoms with E-state index in [0.717, 1.165) is 25.6 Å². The van der Waals surface area contributed by atoms with E-state index in [9.17, 15) is 36.4 Å². The van der Waals surface area contributed by atoms with Gasteiger partial charge in [-0.15, -0.1) is 0 Å². The molecule has 224 valence electrons. The van der Waals surface area contributed by atoms with Crippen LogP contribution >= 0.6 is 0 Å². The quantitative estimate of drug-likeness (QED) is 0.436. The van der Waals surface area contributed by atoms with Gasteiger partial charge in [0, 0.05) is 44.4 Å². The fourth-order valence-corrected chi connectivity index (χ4v) is 6.76. The van der Waals surface area contributed by atoms with Gasteiger partial charge < -0.3 is 5.32 Å². The zero-order chi connectivity index (χ0) is 31.1. The number of likely N-dealkylation sites (N-methyl/N-ethyl adjacent to an activating group) is 1. The molecule has 1 unspecified atom stereocenters. The number of carbonyl (C=O) groups is 2. The third kappa shape index (κ3) is 5.78. The summed E-state index contributed by atoms with van der Waals surface area (Å²) in [4.78, 5) is 33.6. The zero-order valence-corrected chi connectivity index (χ0v) is 23.9. The van der Waals surface area contributed by atoms with E-state index in [4.69, 9.17) is 0 Å². The molecule has 43 heavy (non-hydrogen) atoms. The summed E-state index contributed by atoms with van der Waals surface area (Å²) in [6.07, 6.45) is 0.0759. The summed E-state index contributed by atoms with van der Waals surface area (Å²) < 4.78 is 70.5. The number of anilines is 2. The van der Waals surface area contributed by atoms with Crippen LogP contribution in [0.25, 0.3) is 0 Å². The number of amides is 2. The van der Waals surface area contributed by atoms with Gasteiger partial charge in [-0.1, -0.05) is 30.3 Å². The number of benzene rings is 2. The molecule has 1 saturated heterocycles. The number of alkyl halides is 2. The molecular formula is C29H27F3N6O4S. The largest absolute Gasteiger partial charge is 0.351 e. The molecule has 0 bridgehead atoms. The number of halogens is 3. The Kier molecular flexibility index (Phi) is 7.89. The Morgan fingerprint density at radius 2 is 1.86 bits per heavy atom. The number of hydrogen-bond donors (Lipinski definition) is 1. The fourth-order valence-electron chi connectivity index (χ4n) is 5.31. The molecule has 2 amide bonds. The molecule has 1 aromatic heterocycles. The highest BCUT2D eigenvalue weighted by Gasteiger charge is 2.51. The summed E-state index contributed by atoms with van der Waals surface area (Å²) in [5.41, 5.74) is 0.941. The van der Waals surface area contributed by atoms with Crippen molar-refractivity contribution in [3.05, 3.63) is 89.4 Å². The third-order valence-electron chi connectivity index (χ3n) is 7.49. The van der Waals surface area contributed by atoms with Gasteiger partial charge in [0.1, 0.15) is 23.7 Å². The molecular weight excluding hydrogens is 585 g/mol. The van der Waals surface area contributed by atoms with Crippen molar-refractivity contribution in [1.29, 1.82) is 5.26 Å². The van der Waals surface area contributed by atoms with Gasteiger partial charge in [-0.2, -0.15) is 18.0 Å². The Hall–Kier alpha value is -4.48. The number of hydrogen-bond acceptors (Lipinski definition) is 6. The topological polar surface area (TPSA) is 127 Å². The first kappa shape index (κ1) is 30.0. The molecule has 5 rings (SSSR count). The number of carbonyl (C=O) groups excluding carboxylic acids is 2. The van der Waals surface area contributed by atoms with E-state index in [0.29, 0.717) is 11.1 Å². The lowest BCUT2D eigenvalue weighted by Crippen LogP contribution is -2.56. The Bertz CT molecular complexity index is 1720. The lowest BCUT2D eigenvalue weighted by atomic mass is 9.87. The molecule has 3 aromatic rings. The number of pyridine rings is 1. The minimum atomic E-state index is -4.32. The van der Waals surface area contributed by atoms with Crippen LogP contribution in [0.4, 0.5) is 24.7 Å². The van der Waals surface area contributed by atoms with Gasteiger partial charge in [0.25, 0.3) is 11.8 Å². The van der Waals surface area contributed by atoms with E-state index < -0.39 is 64.7 Å². The molecule has 2 aliphatic rings. The summed E-state index contributed by atoms with van der Waals surface area (Å²) in [7, 11) is -3.06. The molecule has 2 atom stereocenters. The number of nitrogens with zero attached hydrogens (tertiary/aromatic N) is 5.